The minimum absolute atomic E-state index is 1.04. The molecule has 74 valence electrons. The Morgan fingerprint density at radius 2 is 2.07 bits per heavy atom. The van der Waals surface area contributed by atoms with Crippen molar-refractivity contribution in [2.75, 3.05) is 13.1 Å². The van der Waals surface area contributed by atoms with Gasteiger partial charge in [0.25, 0.3) is 0 Å². The monoisotopic (exact) mass is 196 g/mol. The van der Waals surface area contributed by atoms with Crippen LogP contribution in [0.5, 0.6) is 0 Å². The third-order valence-corrected chi connectivity index (χ3v) is 3.24. The zero-order valence-corrected chi connectivity index (χ0v) is 8.74. The summed E-state index contributed by atoms with van der Waals surface area (Å²) in [6, 6.07) is 8.61. The van der Waals surface area contributed by atoms with Gasteiger partial charge in [0.2, 0.25) is 5.71 Å². The van der Waals surface area contributed by atoms with Gasteiger partial charge in [-0.05, 0) is 17.2 Å². The summed E-state index contributed by atoms with van der Waals surface area (Å²) < 4.78 is 2.41. The Balaban J connectivity index is 2.16. The molecule has 1 nitrogen and oxygen atoms in total. The van der Waals surface area contributed by atoms with Crippen molar-refractivity contribution in [1.82, 2.24) is 0 Å². The maximum atomic E-state index is 4.23. The molecule has 0 spiro atoms. The van der Waals surface area contributed by atoms with Crippen LogP contribution in [-0.2, 0) is 6.42 Å². The molecular formula is C14H14N+. The lowest BCUT2D eigenvalue weighted by atomic mass is 9.97. The number of hydrogen-bond donors (Lipinski definition) is 0. The summed E-state index contributed by atoms with van der Waals surface area (Å²) in [5, 5.41) is 0. The SMILES string of the molecule is C=C1C2=[N+](CC=C2)CCc2ccccc21. The van der Waals surface area contributed by atoms with Crippen molar-refractivity contribution in [3.63, 3.8) is 0 Å². The van der Waals surface area contributed by atoms with Gasteiger partial charge in [0, 0.05) is 18.1 Å². The molecule has 0 amide bonds. The van der Waals surface area contributed by atoms with Crippen molar-refractivity contribution in [3.05, 3.63) is 54.1 Å². The second kappa shape index (κ2) is 3.20. The zero-order valence-electron chi connectivity index (χ0n) is 8.74. The van der Waals surface area contributed by atoms with Crippen molar-refractivity contribution in [2.45, 2.75) is 6.42 Å². The highest BCUT2D eigenvalue weighted by Crippen LogP contribution is 2.24. The fourth-order valence-corrected chi connectivity index (χ4v) is 2.42. The second-order valence-corrected chi connectivity index (χ2v) is 4.12. The normalized spacial score (nSPS) is 18.8. The Hall–Kier alpha value is -1.63. The van der Waals surface area contributed by atoms with Crippen LogP contribution in [0.3, 0.4) is 0 Å². The van der Waals surface area contributed by atoms with E-state index in [0.29, 0.717) is 0 Å². The van der Waals surface area contributed by atoms with Gasteiger partial charge in [0.1, 0.15) is 6.54 Å². The Morgan fingerprint density at radius 1 is 1.20 bits per heavy atom. The molecule has 0 saturated heterocycles. The largest absolute Gasteiger partial charge is 0.225 e. The van der Waals surface area contributed by atoms with E-state index >= 15 is 0 Å². The third-order valence-electron chi connectivity index (χ3n) is 3.24. The van der Waals surface area contributed by atoms with Crippen LogP contribution < -0.4 is 0 Å². The Labute approximate surface area is 90.1 Å². The van der Waals surface area contributed by atoms with Crippen LogP contribution in [0.2, 0.25) is 0 Å². The van der Waals surface area contributed by atoms with Crippen molar-refractivity contribution in [3.8, 4) is 0 Å². The van der Waals surface area contributed by atoms with E-state index in [1.165, 1.54) is 22.4 Å². The van der Waals surface area contributed by atoms with E-state index in [-0.39, 0.29) is 0 Å². The van der Waals surface area contributed by atoms with Gasteiger partial charge in [0.05, 0.1) is 0 Å². The van der Waals surface area contributed by atoms with Gasteiger partial charge in [-0.1, -0.05) is 30.8 Å². The first-order chi connectivity index (χ1) is 7.36. The van der Waals surface area contributed by atoms with Crippen molar-refractivity contribution in [1.29, 1.82) is 0 Å². The summed E-state index contributed by atoms with van der Waals surface area (Å²) >= 11 is 0. The highest BCUT2D eigenvalue weighted by molar-refractivity contribution is 6.27. The molecule has 2 aliphatic rings. The second-order valence-electron chi connectivity index (χ2n) is 4.12. The first-order valence-electron chi connectivity index (χ1n) is 5.42. The van der Waals surface area contributed by atoms with Crippen molar-refractivity contribution < 1.29 is 4.58 Å². The van der Waals surface area contributed by atoms with E-state index in [4.69, 9.17) is 0 Å². The molecule has 0 radical (unpaired) electrons. The summed E-state index contributed by atoms with van der Waals surface area (Å²) in [4.78, 5) is 0. The lowest BCUT2D eigenvalue weighted by Crippen LogP contribution is -2.16. The zero-order chi connectivity index (χ0) is 10.3. The van der Waals surface area contributed by atoms with E-state index in [2.05, 4.69) is 47.6 Å². The van der Waals surface area contributed by atoms with Gasteiger partial charge >= 0.3 is 0 Å². The average molecular weight is 196 g/mol. The maximum absolute atomic E-state index is 4.23. The fraction of sp³-hybridized carbons (Fsp3) is 0.214. The minimum Gasteiger partial charge on any atom is -0.225 e. The van der Waals surface area contributed by atoms with Gasteiger partial charge in [-0.2, -0.15) is 0 Å². The number of hydrogen-bond acceptors (Lipinski definition) is 0. The molecule has 2 aliphatic heterocycles. The Morgan fingerprint density at radius 3 is 3.00 bits per heavy atom. The molecule has 1 aromatic rings. The lowest BCUT2D eigenvalue weighted by Gasteiger charge is -2.04. The van der Waals surface area contributed by atoms with E-state index in [0.717, 1.165) is 19.5 Å². The smallest absolute Gasteiger partial charge is 0.207 e. The van der Waals surface area contributed by atoms with Crippen LogP contribution in [0.4, 0.5) is 0 Å². The summed E-state index contributed by atoms with van der Waals surface area (Å²) in [6.07, 6.45) is 5.54. The summed E-state index contributed by atoms with van der Waals surface area (Å²) in [5.41, 5.74) is 5.23. The topological polar surface area (TPSA) is 3.01 Å². The van der Waals surface area contributed by atoms with Crippen LogP contribution in [0, 0.1) is 0 Å². The predicted molar refractivity (Wildman–Crippen MR) is 63.3 cm³/mol. The summed E-state index contributed by atoms with van der Waals surface area (Å²) in [7, 11) is 0. The van der Waals surface area contributed by atoms with Crippen molar-refractivity contribution >= 4 is 11.3 Å². The third kappa shape index (κ3) is 1.27. The highest BCUT2D eigenvalue weighted by atomic mass is 15.0. The molecule has 0 bridgehead atoms. The molecule has 0 saturated carbocycles. The standard InChI is InChI=1S/C14H14N/c1-11-13-6-3-2-5-12(13)8-10-15-9-4-7-14(11)15/h2-7H,1,8-10H2/q+1. The first-order valence-corrected chi connectivity index (χ1v) is 5.42. The van der Waals surface area contributed by atoms with Gasteiger partial charge < -0.3 is 0 Å². The molecule has 3 rings (SSSR count). The van der Waals surface area contributed by atoms with Crippen LogP contribution in [0.15, 0.2) is 43.0 Å². The van der Waals surface area contributed by atoms with E-state index in [9.17, 15) is 0 Å². The number of benzene rings is 1. The number of allylic oxidation sites excluding steroid dienone is 2. The first kappa shape index (κ1) is 8.66. The predicted octanol–water partition coefficient (Wildman–Crippen LogP) is 2.28. The van der Waals surface area contributed by atoms with E-state index in [1.807, 2.05) is 0 Å². The summed E-state index contributed by atoms with van der Waals surface area (Å²) in [6.45, 7) is 6.38. The molecular weight excluding hydrogens is 182 g/mol. The molecule has 2 heterocycles. The number of fused-ring (bicyclic) bond motifs is 1. The van der Waals surface area contributed by atoms with Crippen LogP contribution >= 0.6 is 0 Å². The molecule has 0 fully saturated rings. The molecule has 0 N–H and O–H groups in total. The van der Waals surface area contributed by atoms with Gasteiger partial charge in [-0.25, -0.2) is 4.58 Å². The molecule has 0 aliphatic carbocycles. The van der Waals surface area contributed by atoms with Gasteiger partial charge in [0.15, 0.2) is 6.54 Å². The van der Waals surface area contributed by atoms with Gasteiger partial charge in [-0.3, -0.25) is 0 Å². The lowest BCUT2D eigenvalue weighted by molar-refractivity contribution is -0.511. The maximum Gasteiger partial charge on any atom is 0.207 e. The quantitative estimate of drug-likeness (QED) is 0.560. The van der Waals surface area contributed by atoms with Crippen LogP contribution in [0.1, 0.15) is 11.1 Å². The number of nitrogens with zero attached hydrogens (tertiary/aromatic N) is 1. The van der Waals surface area contributed by atoms with E-state index < -0.39 is 0 Å². The molecule has 0 aromatic heterocycles. The van der Waals surface area contributed by atoms with Crippen molar-refractivity contribution in [2.24, 2.45) is 0 Å². The number of rotatable bonds is 0. The molecule has 0 atom stereocenters. The van der Waals surface area contributed by atoms with E-state index in [1.54, 1.807) is 0 Å². The molecule has 1 heteroatoms. The van der Waals surface area contributed by atoms with Crippen LogP contribution in [0.25, 0.3) is 5.57 Å². The Kier molecular flexibility index (Phi) is 1.84. The Bertz CT molecular complexity index is 492. The molecule has 0 unspecified atom stereocenters. The molecule has 15 heavy (non-hydrogen) atoms. The van der Waals surface area contributed by atoms with Crippen LogP contribution in [-0.4, -0.2) is 23.4 Å². The minimum atomic E-state index is 1.04. The highest BCUT2D eigenvalue weighted by Gasteiger charge is 2.25. The molecule has 1 aromatic carbocycles. The average Bonchev–Trinajstić information content (AvgIpc) is 2.69. The fourth-order valence-electron chi connectivity index (χ4n) is 2.42. The van der Waals surface area contributed by atoms with Gasteiger partial charge in [-0.15, -0.1) is 0 Å². The summed E-state index contributed by atoms with van der Waals surface area (Å²) in [5.74, 6) is 0.